The maximum Gasteiger partial charge on any atom is 0.165 e. The Hall–Kier alpha value is -2.14. The monoisotopic (exact) mass is 255 g/mol. The minimum absolute atomic E-state index is 0.0198. The zero-order valence-corrected chi connectivity index (χ0v) is 11.4. The van der Waals surface area contributed by atoms with Crippen LogP contribution in [0.5, 0.6) is 0 Å². The van der Waals surface area contributed by atoms with Crippen molar-refractivity contribution in [3.05, 3.63) is 52.3 Å². The Balaban J connectivity index is 3.05. The molecule has 0 saturated carbocycles. The second-order valence-corrected chi connectivity index (χ2v) is 4.35. The van der Waals surface area contributed by atoms with E-state index in [-0.39, 0.29) is 5.78 Å². The Labute approximate surface area is 113 Å². The Kier molecular flexibility index (Phi) is 5.26. The molecule has 0 aliphatic rings. The van der Waals surface area contributed by atoms with Gasteiger partial charge in [-0.2, -0.15) is 5.26 Å². The summed E-state index contributed by atoms with van der Waals surface area (Å²) in [7, 11) is 0. The maximum atomic E-state index is 11.5. The van der Waals surface area contributed by atoms with Gasteiger partial charge < -0.3 is 5.11 Å². The van der Waals surface area contributed by atoms with Gasteiger partial charge in [0, 0.05) is 17.6 Å². The molecule has 0 heterocycles. The number of benzene rings is 1. The summed E-state index contributed by atoms with van der Waals surface area (Å²) in [5.74, 6) is 0.0198. The van der Waals surface area contributed by atoms with Gasteiger partial charge in [0.2, 0.25) is 0 Å². The molecule has 0 aliphatic carbocycles. The smallest absolute Gasteiger partial charge is 0.165 e. The van der Waals surface area contributed by atoms with Crippen molar-refractivity contribution in [2.24, 2.45) is 0 Å². The highest BCUT2D eigenvalue weighted by Gasteiger charge is 2.10. The van der Waals surface area contributed by atoms with Gasteiger partial charge in [-0.3, -0.25) is 4.79 Å². The molecule has 3 nitrogen and oxygen atoms in total. The van der Waals surface area contributed by atoms with E-state index in [1.54, 1.807) is 45.0 Å². The lowest BCUT2D eigenvalue weighted by Crippen LogP contribution is -2.00. The highest BCUT2D eigenvalue weighted by atomic mass is 16.3. The van der Waals surface area contributed by atoms with Crippen LogP contribution in [0.2, 0.25) is 0 Å². The number of hydrogen-bond acceptors (Lipinski definition) is 3. The fourth-order valence-corrected chi connectivity index (χ4v) is 1.69. The molecule has 98 valence electrons. The Bertz CT molecular complexity index is 570. The number of nitrogens with zero attached hydrogens (tertiary/aromatic N) is 1. The molecule has 0 amide bonds. The van der Waals surface area contributed by atoms with Gasteiger partial charge in [0.25, 0.3) is 0 Å². The van der Waals surface area contributed by atoms with Crippen LogP contribution in [0.4, 0.5) is 0 Å². The van der Waals surface area contributed by atoms with Crippen LogP contribution in [0, 0.1) is 11.3 Å². The average Bonchev–Trinajstić information content (AvgIpc) is 2.45. The summed E-state index contributed by atoms with van der Waals surface area (Å²) < 4.78 is 0. The Morgan fingerprint density at radius 1 is 1.32 bits per heavy atom. The zero-order chi connectivity index (χ0) is 14.4. The van der Waals surface area contributed by atoms with Crippen molar-refractivity contribution in [2.45, 2.75) is 33.3 Å². The molecule has 1 aromatic carbocycles. The van der Waals surface area contributed by atoms with Gasteiger partial charge in [-0.25, -0.2) is 0 Å². The van der Waals surface area contributed by atoms with Crippen LogP contribution in [-0.2, 0) is 4.79 Å². The maximum absolute atomic E-state index is 11.5. The molecule has 0 bridgehead atoms. The molecule has 0 saturated heterocycles. The van der Waals surface area contributed by atoms with Gasteiger partial charge in [0.05, 0.1) is 11.6 Å². The molecular formula is C16H17NO2. The first-order valence-electron chi connectivity index (χ1n) is 6.15. The summed E-state index contributed by atoms with van der Waals surface area (Å²) in [4.78, 5) is 11.5. The van der Waals surface area contributed by atoms with Crippen molar-refractivity contribution >= 4 is 5.78 Å². The lowest BCUT2D eigenvalue weighted by atomic mass is 10.0. The number of nitriles is 1. The largest absolute Gasteiger partial charge is 0.383 e. The molecule has 0 fully saturated rings. The van der Waals surface area contributed by atoms with Crippen LogP contribution in [0.15, 0.2) is 41.1 Å². The van der Waals surface area contributed by atoms with Crippen LogP contribution in [0.3, 0.4) is 0 Å². The molecule has 19 heavy (non-hydrogen) atoms. The molecule has 1 atom stereocenters. The number of carbonyl (C=O) groups excluding carboxylic acids is 1. The number of Topliss-reactive ketones (excluding diaryl/α,β-unsaturated/α-hetero) is 1. The number of carbonyl (C=O) groups is 1. The van der Waals surface area contributed by atoms with Gasteiger partial charge in [-0.1, -0.05) is 19.1 Å². The number of rotatable bonds is 4. The van der Waals surface area contributed by atoms with Crippen LogP contribution in [0.1, 0.15) is 44.4 Å². The number of aliphatic hydroxyl groups is 1. The summed E-state index contributed by atoms with van der Waals surface area (Å²) >= 11 is 0. The Morgan fingerprint density at radius 2 is 1.89 bits per heavy atom. The predicted molar refractivity (Wildman–Crippen MR) is 73.3 cm³/mol. The van der Waals surface area contributed by atoms with E-state index in [9.17, 15) is 9.90 Å². The molecule has 1 rings (SSSR count). The van der Waals surface area contributed by atoms with Crippen LogP contribution < -0.4 is 0 Å². The minimum Gasteiger partial charge on any atom is -0.383 e. The first kappa shape index (κ1) is 14.9. The molecule has 1 unspecified atom stereocenters. The van der Waals surface area contributed by atoms with E-state index in [0.29, 0.717) is 28.7 Å². The third kappa shape index (κ3) is 3.93. The summed E-state index contributed by atoms with van der Waals surface area (Å²) in [6.07, 6.45) is -0.383. The fourth-order valence-electron chi connectivity index (χ4n) is 1.69. The summed E-state index contributed by atoms with van der Waals surface area (Å²) in [6, 6.07) is 8.73. The highest BCUT2D eigenvalue weighted by Crippen LogP contribution is 2.21. The lowest BCUT2D eigenvalue weighted by Gasteiger charge is -2.10. The first-order chi connectivity index (χ1) is 8.99. The molecule has 0 radical (unpaired) electrons. The molecule has 0 aromatic heterocycles. The van der Waals surface area contributed by atoms with Gasteiger partial charge in [0.1, 0.15) is 6.10 Å². The molecular weight excluding hydrogens is 238 g/mol. The zero-order valence-electron chi connectivity index (χ0n) is 11.4. The van der Waals surface area contributed by atoms with E-state index >= 15 is 0 Å². The minimum atomic E-state index is -0.813. The van der Waals surface area contributed by atoms with Crippen molar-refractivity contribution in [3.63, 3.8) is 0 Å². The van der Waals surface area contributed by atoms with Gasteiger partial charge in [-0.05, 0) is 31.5 Å². The molecule has 0 spiro atoms. The van der Waals surface area contributed by atoms with Gasteiger partial charge in [-0.15, -0.1) is 5.73 Å². The van der Waals surface area contributed by atoms with E-state index < -0.39 is 6.10 Å². The standard InChI is InChI=1S/C16H17NO2/c1-4-15(18)11(2)9-12(3)16(19)14-7-5-13(10-17)6-8-14/h5-8,16,19H,4H2,1-3H3. The van der Waals surface area contributed by atoms with E-state index in [0.717, 1.165) is 0 Å². The van der Waals surface area contributed by atoms with Gasteiger partial charge in [0.15, 0.2) is 5.78 Å². The van der Waals surface area contributed by atoms with Crippen molar-refractivity contribution in [1.82, 2.24) is 0 Å². The van der Waals surface area contributed by atoms with E-state index in [1.165, 1.54) is 0 Å². The Morgan fingerprint density at radius 3 is 2.37 bits per heavy atom. The fraction of sp³-hybridized carbons (Fsp3) is 0.312. The molecule has 1 N–H and O–H groups in total. The van der Waals surface area contributed by atoms with E-state index in [1.807, 2.05) is 6.07 Å². The third-order valence-corrected chi connectivity index (χ3v) is 2.89. The molecule has 3 heteroatoms. The molecule has 1 aromatic rings. The first-order valence-corrected chi connectivity index (χ1v) is 6.15. The number of hydrogen-bond donors (Lipinski definition) is 1. The predicted octanol–water partition coefficient (Wildman–Crippen LogP) is 3.06. The number of ketones is 1. The highest BCUT2D eigenvalue weighted by molar-refractivity contribution is 5.94. The van der Waals surface area contributed by atoms with Crippen molar-refractivity contribution in [2.75, 3.05) is 0 Å². The van der Waals surface area contributed by atoms with Crippen molar-refractivity contribution in [1.29, 1.82) is 5.26 Å². The van der Waals surface area contributed by atoms with Gasteiger partial charge >= 0.3 is 0 Å². The average molecular weight is 255 g/mol. The topological polar surface area (TPSA) is 61.1 Å². The second-order valence-electron chi connectivity index (χ2n) is 4.35. The quantitative estimate of drug-likeness (QED) is 0.664. The summed E-state index contributed by atoms with van der Waals surface area (Å²) in [5.41, 5.74) is 5.26. The van der Waals surface area contributed by atoms with Crippen molar-refractivity contribution in [3.8, 4) is 6.07 Å². The van der Waals surface area contributed by atoms with E-state index in [2.05, 4.69) is 5.73 Å². The second kappa shape index (κ2) is 6.70. The molecule has 0 aliphatic heterocycles. The number of aliphatic hydroxyl groups excluding tert-OH is 1. The van der Waals surface area contributed by atoms with Crippen LogP contribution in [-0.4, -0.2) is 10.9 Å². The van der Waals surface area contributed by atoms with Crippen molar-refractivity contribution < 1.29 is 9.90 Å². The van der Waals surface area contributed by atoms with E-state index in [4.69, 9.17) is 5.26 Å². The normalized spacial score (nSPS) is 11.1. The summed E-state index contributed by atoms with van der Waals surface area (Å²) in [5, 5.41) is 18.9. The summed E-state index contributed by atoms with van der Waals surface area (Å²) in [6.45, 7) is 5.22. The van der Waals surface area contributed by atoms with Crippen LogP contribution in [0.25, 0.3) is 0 Å². The third-order valence-electron chi connectivity index (χ3n) is 2.89. The lowest BCUT2D eigenvalue weighted by molar-refractivity contribution is -0.115. The van der Waals surface area contributed by atoms with Crippen LogP contribution >= 0.6 is 0 Å². The SMILES string of the molecule is CCC(=O)C(C)=C=C(C)C(O)c1ccc(C#N)cc1.